The topological polar surface area (TPSA) is 0 Å². The predicted molar refractivity (Wildman–Crippen MR) is 64.6 cm³/mol. The minimum Gasteiger partial charge on any atom is -0.0620 e. The number of hydrogen-bond acceptors (Lipinski definition) is 0. The van der Waals surface area contributed by atoms with Crippen molar-refractivity contribution < 1.29 is 0 Å². The van der Waals surface area contributed by atoms with Gasteiger partial charge in [0.1, 0.15) is 0 Å². The zero-order valence-electron chi connectivity index (χ0n) is 10.8. The van der Waals surface area contributed by atoms with Crippen LogP contribution in [0.4, 0.5) is 0 Å². The molecule has 3 rings (SSSR count). The monoisotopic (exact) mass is 206 g/mol. The van der Waals surface area contributed by atoms with Crippen molar-refractivity contribution in [1.82, 2.24) is 0 Å². The molecule has 0 radical (unpaired) electrons. The summed E-state index contributed by atoms with van der Waals surface area (Å²) >= 11 is 0. The van der Waals surface area contributed by atoms with E-state index in [1.807, 2.05) is 0 Å². The molecule has 3 aliphatic rings. The first kappa shape index (κ1) is 10.2. The molecule has 0 saturated heterocycles. The van der Waals surface area contributed by atoms with Gasteiger partial charge in [-0.05, 0) is 53.8 Å². The van der Waals surface area contributed by atoms with E-state index in [4.69, 9.17) is 0 Å². The maximum atomic E-state index is 2.63. The Labute approximate surface area is 94.8 Å². The Hall–Kier alpha value is 0. The molecule has 3 saturated carbocycles. The van der Waals surface area contributed by atoms with Crippen LogP contribution in [0.1, 0.15) is 59.8 Å². The molecule has 0 heterocycles. The third-order valence-corrected chi connectivity index (χ3v) is 6.68. The molecule has 0 aromatic heterocycles. The van der Waals surface area contributed by atoms with E-state index in [0.29, 0.717) is 10.8 Å². The zero-order chi connectivity index (χ0) is 10.8. The summed E-state index contributed by atoms with van der Waals surface area (Å²) in [6, 6.07) is 0. The highest BCUT2D eigenvalue weighted by molar-refractivity contribution is 5.17. The van der Waals surface area contributed by atoms with Crippen LogP contribution in [0.5, 0.6) is 0 Å². The van der Waals surface area contributed by atoms with Crippen molar-refractivity contribution in [2.45, 2.75) is 59.8 Å². The summed E-state index contributed by atoms with van der Waals surface area (Å²) in [7, 11) is 0. The fraction of sp³-hybridized carbons (Fsp3) is 1.00. The summed E-state index contributed by atoms with van der Waals surface area (Å²) in [6.45, 7) is 10.2. The third kappa shape index (κ3) is 1.09. The van der Waals surface area contributed by atoms with Crippen molar-refractivity contribution in [3.8, 4) is 0 Å². The van der Waals surface area contributed by atoms with Gasteiger partial charge in [0.15, 0.2) is 0 Å². The second kappa shape index (κ2) is 2.81. The second-order valence-electron chi connectivity index (χ2n) is 7.38. The lowest BCUT2D eigenvalue weighted by Gasteiger charge is -2.50. The van der Waals surface area contributed by atoms with Crippen molar-refractivity contribution in [1.29, 1.82) is 0 Å². The number of rotatable bonds is 0. The van der Waals surface area contributed by atoms with Crippen LogP contribution in [0.25, 0.3) is 0 Å². The molecule has 0 aromatic carbocycles. The van der Waals surface area contributed by atoms with E-state index in [-0.39, 0.29) is 0 Å². The Balaban J connectivity index is 1.95. The van der Waals surface area contributed by atoms with E-state index < -0.39 is 0 Å². The van der Waals surface area contributed by atoms with E-state index in [2.05, 4.69) is 27.7 Å². The minimum atomic E-state index is 0.676. The molecule has 0 N–H and O–H groups in total. The maximum Gasteiger partial charge on any atom is -0.0236 e. The molecule has 0 heteroatoms. The molecule has 0 bridgehead atoms. The normalized spacial score (nSPS) is 56.8. The summed E-state index contributed by atoms with van der Waals surface area (Å²) in [4.78, 5) is 0. The fourth-order valence-corrected chi connectivity index (χ4v) is 5.61. The second-order valence-corrected chi connectivity index (χ2v) is 7.38. The van der Waals surface area contributed by atoms with Crippen LogP contribution in [0.2, 0.25) is 0 Å². The van der Waals surface area contributed by atoms with Crippen molar-refractivity contribution >= 4 is 0 Å². The van der Waals surface area contributed by atoms with Gasteiger partial charge in [0.2, 0.25) is 0 Å². The Kier molecular flexibility index (Phi) is 1.91. The Morgan fingerprint density at radius 3 is 2.40 bits per heavy atom. The van der Waals surface area contributed by atoms with Crippen LogP contribution >= 0.6 is 0 Å². The standard InChI is InChI=1S/C15H26/c1-10-6-5-7-11-8-9-12-13(14(12,2)3)15(10,11)4/h10-13H,5-9H2,1-4H3/t10-,11?,12-,13+,15+/m1/s1. The lowest BCUT2D eigenvalue weighted by atomic mass is 9.55. The van der Waals surface area contributed by atoms with Crippen LogP contribution in [-0.4, -0.2) is 0 Å². The molecule has 0 amide bonds. The van der Waals surface area contributed by atoms with Gasteiger partial charge in [0.05, 0.1) is 0 Å². The molecule has 3 aliphatic carbocycles. The third-order valence-electron chi connectivity index (χ3n) is 6.68. The molecular formula is C15H26. The SMILES string of the molecule is C[C@@H]1CCCC2CC[C@@H]3[C@@H](C3(C)C)[C@]21C. The summed E-state index contributed by atoms with van der Waals surface area (Å²) < 4.78 is 0. The van der Waals surface area contributed by atoms with Crippen LogP contribution in [0, 0.1) is 34.5 Å². The summed E-state index contributed by atoms with van der Waals surface area (Å²) in [6.07, 6.45) is 7.59. The summed E-state index contributed by atoms with van der Waals surface area (Å²) in [5, 5.41) is 0. The first-order chi connectivity index (χ1) is 6.99. The van der Waals surface area contributed by atoms with Crippen molar-refractivity contribution in [3.63, 3.8) is 0 Å². The Morgan fingerprint density at radius 2 is 1.67 bits per heavy atom. The van der Waals surface area contributed by atoms with Gasteiger partial charge >= 0.3 is 0 Å². The summed E-state index contributed by atoms with van der Waals surface area (Å²) in [5.41, 5.74) is 1.37. The maximum absolute atomic E-state index is 2.63. The van der Waals surface area contributed by atoms with Crippen molar-refractivity contribution in [3.05, 3.63) is 0 Å². The van der Waals surface area contributed by atoms with Crippen molar-refractivity contribution in [2.24, 2.45) is 34.5 Å². The smallest absolute Gasteiger partial charge is 0.0236 e. The Bertz CT molecular complexity index is 278. The van der Waals surface area contributed by atoms with E-state index in [1.54, 1.807) is 0 Å². The van der Waals surface area contributed by atoms with Crippen LogP contribution in [0.15, 0.2) is 0 Å². The molecular weight excluding hydrogens is 180 g/mol. The molecule has 0 aromatic rings. The molecule has 5 atom stereocenters. The first-order valence-electron chi connectivity index (χ1n) is 6.99. The highest BCUT2D eigenvalue weighted by Gasteiger charge is 2.69. The van der Waals surface area contributed by atoms with Crippen LogP contribution in [0.3, 0.4) is 0 Å². The van der Waals surface area contributed by atoms with E-state index in [1.165, 1.54) is 32.1 Å². The number of fused-ring (bicyclic) bond motifs is 3. The van der Waals surface area contributed by atoms with Gasteiger partial charge in [-0.3, -0.25) is 0 Å². The molecule has 0 nitrogen and oxygen atoms in total. The van der Waals surface area contributed by atoms with Gasteiger partial charge in [0, 0.05) is 0 Å². The van der Waals surface area contributed by atoms with Gasteiger partial charge in [-0.25, -0.2) is 0 Å². The quantitative estimate of drug-likeness (QED) is 0.547. The van der Waals surface area contributed by atoms with Crippen molar-refractivity contribution in [2.75, 3.05) is 0 Å². The molecule has 15 heavy (non-hydrogen) atoms. The van der Waals surface area contributed by atoms with E-state index >= 15 is 0 Å². The highest BCUT2D eigenvalue weighted by atomic mass is 14.7. The van der Waals surface area contributed by atoms with E-state index in [9.17, 15) is 0 Å². The average Bonchev–Trinajstić information content (AvgIpc) is 2.73. The van der Waals surface area contributed by atoms with Gasteiger partial charge in [-0.15, -0.1) is 0 Å². The van der Waals surface area contributed by atoms with Gasteiger partial charge < -0.3 is 0 Å². The fourth-order valence-electron chi connectivity index (χ4n) is 5.61. The minimum absolute atomic E-state index is 0.676. The van der Waals surface area contributed by atoms with Gasteiger partial charge in [-0.2, -0.15) is 0 Å². The van der Waals surface area contributed by atoms with Gasteiger partial charge in [0.25, 0.3) is 0 Å². The number of hydrogen-bond donors (Lipinski definition) is 0. The molecule has 1 unspecified atom stereocenters. The van der Waals surface area contributed by atoms with E-state index in [0.717, 1.165) is 23.7 Å². The van der Waals surface area contributed by atoms with Crippen LogP contribution < -0.4 is 0 Å². The molecule has 0 aliphatic heterocycles. The predicted octanol–water partition coefficient (Wildman–Crippen LogP) is 4.49. The lowest BCUT2D eigenvalue weighted by molar-refractivity contribution is -0.00877. The first-order valence-corrected chi connectivity index (χ1v) is 6.99. The van der Waals surface area contributed by atoms with Crippen LogP contribution in [-0.2, 0) is 0 Å². The summed E-state index contributed by atoms with van der Waals surface area (Å²) in [5.74, 6) is 4.16. The van der Waals surface area contributed by atoms with Gasteiger partial charge in [-0.1, -0.05) is 40.5 Å². The molecule has 0 spiro atoms. The Morgan fingerprint density at radius 1 is 0.933 bits per heavy atom. The average molecular weight is 206 g/mol. The lowest BCUT2D eigenvalue weighted by Crippen LogP contribution is -2.42. The highest BCUT2D eigenvalue weighted by Crippen LogP contribution is 2.75. The molecule has 3 fully saturated rings. The largest absolute Gasteiger partial charge is 0.0620 e. The zero-order valence-corrected chi connectivity index (χ0v) is 10.8. The molecule has 86 valence electrons.